The van der Waals surface area contributed by atoms with Gasteiger partial charge in [-0.1, -0.05) is 13.3 Å². The van der Waals surface area contributed by atoms with Crippen molar-refractivity contribution in [3.8, 4) is 0 Å². The summed E-state index contributed by atoms with van der Waals surface area (Å²) < 4.78 is 40.4. The van der Waals surface area contributed by atoms with Crippen molar-refractivity contribution < 1.29 is 13.2 Å². The van der Waals surface area contributed by atoms with Gasteiger partial charge in [0, 0.05) is 18.0 Å². The molecule has 0 aromatic carbocycles. The molecule has 0 aliphatic carbocycles. The number of aromatic nitrogens is 5. The summed E-state index contributed by atoms with van der Waals surface area (Å²) in [5, 5.41) is 11.3. The molecule has 0 saturated carbocycles. The number of halogens is 3. The summed E-state index contributed by atoms with van der Waals surface area (Å²) in [5.41, 5.74) is 5.81. The zero-order chi connectivity index (χ0) is 20.8. The van der Waals surface area contributed by atoms with Crippen LogP contribution >= 0.6 is 11.3 Å². The molecule has 1 aliphatic heterocycles. The van der Waals surface area contributed by atoms with Crippen molar-refractivity contribution in [2.75, 3.05) is 11.4 Å². The topological polar surface area (TPSA) is 124 Å². The highest BCUT2D eigenvalue weighted by atomic mass is 32.1. The van der Waals surface area contributed by atoms with Crippen LogP contribution in [-0.4, -0.2) is 37.1 Å². The molecule has 0 fully saturated rings. The van der Waals surface area contributed by atoms with E-state index in [1.54, 1.807) is 0 Å². The van der Waals surface area contributed by atoms with Gasteiger partial charge >= 0.3 is 6.18 Å². The molecular weight excluding hydrogens is 407 g/mol. The van der Waals surface area contributed by atoms with Gasteiger partial charge in [0.15, 0.2) is 17.5 Å². The fourth-order valence-electron chi connectivity index (χ4n) is 3.29. The number of amidine groups is 1. The van der Waals surface area contributed by atoms with Crippen molar-refractivity contribution in [2.24, 2.45) is 16.7 Å². The highest BCUT2D eigenvalue weighted by Gasteiger charge is 2.39. The van der Waals surface area contributed by atoms with Gasteiger partial charge in [-0.2, -0.15) is 18.3 Å². The van der Waals surface area contributed by atoms with Crippen LogP contribution in [0.2, 0.25) is 0 Å². The van der Waals surface area contributed by atoms with Crippen molar-refractivity contribution >= 4 is 33.2 Å². The molecule has 0 atom stereocenters. The van der Waals surface area contributed by atoms with E-state index >= 15 is 0 Å². The molecule has 9 nitrogen and oxygen atoms in total. The summed E-state index contributed by atoms with van der Waals surface area (Å²) in [5.74, 6) is 5.25. The molecule has 4 rings (SSSR count). The lowest BCUT2D eigenvalue weighted by Crippen LogP contribution is -2.36. The zero-order valence-corrected chi connectivity index (χ0v) is 16.3. The standard InChI is InChI=1S/C16H18F3N9S/c1-2-3-8-6-9-13(22-12(11(20)24-21)23-14(9)29-8)27-4-5-28-10(7-27)25-26-15(28)16(17,18)19/h6H,2-5,7,21H2,1H3,(H2,20,24). The number of hydrogen-bond donors (Lipinski definition) is 2. The predicted molar refractivity (Wildman–Crippen MR) is 102 cm³/mol. The number of anilines is 1. The number of hydrazone groups is 1. The van der Waals surface area contributed by atoms with Crippen molar-refractivity contribution in [1.82, 2.24) is 24.7 Å². The van der Waals surface area contributed by atoms with Gasteiger partial charge in [0.1, 0.15) is 10.6 Å². The highest BCUT2D eigenvalue weighted by molar-refractivity contribution is 7.18. The first-order chi connectivity index (χ1) is 13.8. The maximum absolute atomic E-state index is 13.1. The molecule has 0 spiro atoms. The van der Waals surface area contributed by atoms with Crippen molar-refractivity contribution in [2.45, 2.75) is 39.0 Å². The number of nitrogens with zero attached hydrogens (tertiary/aromatic N) is 7. The summed E-state index contributed by atoms with van der Waals surface area (Å²) in [6.07, 6.45) is -2.68. The molecule has 4 N–H and O–H groups in total. The molecule has 29 heavy (non-hydrogen) atoms. The maximum Gasteiger partial charge on any atom is 0.451 e. The zero-order valence-electron chi connectivity index (χ0n) is 15.4. The van der Waals surface area contributed by atoms with E-state index in [0.717, 1.165) is 32.5 Å². The molecule has 0 unspecified atom stereocenters. The third-order valence-electron chi connectivity index (χ3n) is 4.59. The molecule has 0 amide bonds. The van der Waals surface area contributed by atoms with E-state index in [1.807, 2.05) is 11.0 Å². The number of rotatable bonds is 4. The SMILES string of the molecule is CCCc1cc2c(N3CCn4c(nnc4C(F)(F)F)C3)nc(/C(N)=N/N)nc2s1. The fraction of sp³-hybridized carbons (Fsp3) is 0.438. The molecule has 4 heterocycles. The Morgan fingerprint density at radius 1 is 1.28 bits per heavy atom. The highest BCUT2D eigenvalue weighted by Crippen LogP contribution is 2.34. The Bertz CT molecular complexity index is 1090. The molecule has 1 aliphatic rings. The molecule has 0 saturated heterocycles. The van der Waals surface area contributed by atoms with Gasteiger partial charge in [-0.25, -0.2) is 9.97 Å². The number of thiophene rings is 1. The number of alkyl halides is 3. The van der Waals surface area contributed by atoms with E-state index in [1.165, 1.54) is 11.3 Å². The summed E-state index contributed by atoms with van der Waals surface area (Å²) in [7, 11) is 0. The lowest BCUT2D eigenvalue weighted by Gasteiger charge is -2.29. The fourth-order valence-corrected chi connectivity index (χ4v) is 4.41. The summed E-state index contributed by atoms with van der Waals surface area (Å²) in [6, 6.07) is 2.01. The quantitative estimate of drug-likeness (QED) is 0.283. The van der Waals surface area contributed by atoms with E-state index in [-0.39, 0.29) is 30.6 Å². The molecule has 0 radical (unpaired) electrons. The predicted octanol–water partition coefficient (Wildman–Crippen LogP) is 1.85. The first-order valence-electron chi connectivity index (χ1n) is 8.90. The largest absolute Gasteiger partial charge is 0.451 e. The van der Waals surface area contributed by atoms with Crippen LogP contribution in [-0.2, 0) is 25.7 Å². The minimum Gasteiger partial charge on any atom is -0.379 e. The van der Waals surface area contributed by atoms with E-state index in [9.17, 15) is 13.2 Å². The second-order valence-corrected chi connectivity index (χ2v) is 7.69. The van der Waals surface area contributed by atoms with E-state index in [0.29, 0.717) is 12.4 Å². The molecule has 3 aromatic rings. The Hall–Kier alpha value is -2.96. The molecule has 0 bridgehead atoms. The Morgan fingerprint density at radius 2 is 2.07 bits per heavy atom. The second-order valence-electron chi connectivity index (χ2n) is 6.58. The van der Waals surface area contributed by atoms with Gasteiger partial charge < -0.3 is 21.0 Å². The van der Waals surface area contributed by atoms with Gasteiger partial charge in [0.2, 0.25) is 5.82 Å². The summed E-state index contributed by atoms with van der Waals surface area (Å²) in [6.45, 7) is 2.60. The normalized spacial score (nSPS) is 15.2. The molecule has 3 aromatic heterocycles. The average Bonchev–Trinajstić information content (AvgIpc) is 3.29. The van der Waals surface area contributed by atoms with E-state index in [4.69, 9.17) is 11.6 Å². The molecule has 154 valence electrons. The average molecular weight is 425 g/mol. The number of aryl methyl sites for hydroxylation is 1. The third-order valence-corrected chi connectivity index (χ3v) is 5.68. The lowest BCUT2D eigenvalue weighted by molar-refractivity contribution is -0.147. The van der Waals surface area contributed by atoms with Crippen LogP contribution in [0.15, 0.2) is 11.2 Å². The van der Waals surface area contributed by atoms with Gasteiger partial charge in [-0.05, 0) is 12.5 Å². The first-order valence-corrected chi connectivity index (χ1v) is 9.71. The van der Waals surface area contributed by atoms with E-state index < -0.39 is 12.0 Å². The second kappa shape index (κ2) is 7.13. The number of hydrogen-bond acceptors (Lipinski definition) is 8. The van der Waals surface area contributed by atoms with Crippen molar-refractivity contribution in [3.63, 3.8) is 0 Å². The lowest BCUT2D eigenvalue weighted by atomic mass is 10.2. The summed E-state index contributed by atoms with van der Waals surface area (Å²) >= 11 is 1.52. The minimum atomic E-state index is -4.54. The summed E-state index contributed by atoms with van der Waals surface area (Å²) in [4.78, 5) is 12.7. The van der Waals surface area contributed by atoms with Crippen LogP contribution in [0.4, 0.5) is 19.0 Å². The number of fused-ring (bicyclic) bond motifs is 2. The van der Waals surface area contributed by atoms with Crippen LogP contribution in [0, 0.1) is 0 Å². The van der Waals surface area contributed by atoms with Crippen LogP contribution in [0.5, 0.6) is 0 Å². The number of nitrogens with two attached hydrogens (primary N) is 2. The molecular formula is C16H18F3N9S. The Balaban J connectivity index is 1.78. The van der Waals surface area contributed by atoms with E-state index in [2.05, 4.69) is 32.2 Å². The van der Waals surface area contributed by atoms with Gasteiger partial charge in [0.05, 0.1) is 11.9 Å². The Labute approximate surface area is 167 Å². The van der Waals surface area contributed by atoms with Gasteiger partial charge in [0.25, 0.3) is 0 Å². The maximum atomic E-state index is 13.1. The van der Waals surface area contributed by atoms with Crippen molar-refractivity contribution in [1.29, 1.82) is 0 Å². The monoisotopic (exact) mass is 425 g/mol. The van der Waals surface area contributed by atoms with Crippen molar-refractivity contribution in [3.05, 3.63) is 28.4 Å². The van der Waals surface area contributed by atoms with Crippen LogP contribution in [0.25, 0.3) is 10.2 Å². The smallest absolute Gasteiger partial charge is 0.379 e. The minimum absolute atomic E-state index is 0.0156. The van der Waals surface area contributed by atoms with Gasteiger partial charge in [-0.3, -0.25) is 0 Å². The van der Waals surface area contributed by atoms with Crippen LogP contribution in [0.1, 0.15) is 35.7 Å². The van der Waals surface area contributed by atoms with Gasteiger partial charge in [-0.15, -0.1) is 21.5 Å². The third kappa shape index (κ3) is 3.45. The van der Waals surface area contributed by atoms with Crippen LogP contribution < -0.4 is 16.5 Å². The van der Waals surface area contributed by atoms with Crippen LogP contribution in [0.3, 0.4) is 0 Å². The molecule has 13 heteroatoms. The Kier molecular flexibility index (Phi) is 4.76. The Morgan fingerprint density at radius 3 is 2.76 bits per heavy atom. The first kappa shape index (κ1) is 19.4.